The molecule has 13 heavy (non-hydrogen) atoms. The van der Waals surface area contributed by atoms with Crippen molar-refractivity contribution >= 4 is 6.41 Å². The SMILES string of the molecule is CC(C)=C1CCCC/C1=C/NC=O. The first-order chi connectivity index (χ1) is 6.25. The van der Waals surface area contributed by atoms with Crippen molar-refractivity contribution in [3.63, 3.8) is 0 Å². The summed E-state index contributed by atoms with van der Waals surface area (Å²) in [6, 6.07) is 0. The van der Waals surface area contributed by atoms with Crippen LogP contribution in [0, 0.1) is 0 Å². The Kier molecular flexibility index (Phi) is 3.74. The largest absolute Gasteiger partial charge is 0.335 e. The molecule has 1 aliphatic rings. The average molecular weight is 179 g/mol. The number of hydrogen-bond acceptors (Lipinski definition) is 1. The maximum absolute atomic E-state index is 10.2. The van der Waals surface area contributed by atoms with Gasteiger partial charge in [-0.2, -0.15) is 0 Å². The van der Waals surface area contributed by atoms with Crippen LogP contribution in [0.15, 0.2) is 22.9 Å². The van der Waals surface area contributed by atoms with Crippen LogP contribution in [-0.4, -0.2) is 6.41 Å². The van der Waals surface area contributed by atoms with Crippen molar-refractivity contribution in [1.29, 1.82) is 0 Å². The maximum Gasteiger partial charge on any atom is 0.211 e. The molecule has 1 aliphatic carbocycles. The summed E-state index contributed by atoms with van der Waals surface area (Å²) in [6.07, 6.45) is 7.34. The van der Waals surface area contributed by atoms with E-state index in [-0.39, 0.29) is 0 Å². The number of carbonyl (C=O) groups is 1. The van der Waals surface area contributed by atoms with Gasteiger partial charge in [0.1, 0.15) is 0 Å². The summed E-state index contributed by atoms with van der Waals surface area (Å²) >= 11 is 0. The molecule has 0 aromatic heterocycles. The number of hydrogen-bond donors (Lipinski definition) is 1. The van der Waals surface area contributed by atoms with Gasteiger partial charge in [-0.05, 0) is 50.7 Å². The molecule has 0 heterocycles. The summed E-state index contributed by atoms with van der Waals surface area (Å²) in [5.74, 6) is 0. The van der Waals surface area contributed by atoms with Gasteiger partial charge in [-0.25, -0.2) is 0 Å². The lowest BCUT2D eigenvalue weighted by atomic mass is 9.87. The van der Waals surface area contributed by atoms with E-state index >= 15 is 0 Å². The third kappa shape index (κ3) is 2.72. The number of nitrogens with one attached hydrogen (secondary N) is 1. The first kappa shape index (κ1) is 10.0. The molecule has 0 aromatic rings. The molecule has 0 bridgehead atoms. The third-order valence-corrected chi connectivity index (χ3v) is 2.44. The van der Waals surface area contributed by atoms with Gasteiger partial charge in [-0.1, -0.05) is 5.57 Å². The van der Waals surface area contributed by atoms with Crippen molar-refractivity contribution in [2.75, 3.05) is 0 Å². The molecule has 2 nitrogen and oxygen atoms in total. The van der Waals surface area contributed by atoms with E-state index in [2.05, 4.69) is 19.2 Å². The van der Waals surface area contributed by atoms with Gasteiger partial charge < -0.3 is 5.32 Å². The monoisotopic (exact) mass is 179 g/mol. The number of carbonyl (C=O) groups excluding carboxylic acids is 1. The zero-order valence-corrected chi connectivity index (χ0v) is 8.39. The second-order valence-electron chi connectivity index (χ2n) is 3.64. The number of amides is 1. The Labute approximate surface area is 79.7 Å². The van der Waals surface area contributed by atoms with Crippen molar-refractivity contribution in [1.82, 2.24) is 5.32 Å². The van der Waals surface area contributed by atoms with Gasteiger partial charge in [-0.3, -0.25) is 4.79 Å². The van der Waals surface area contributed by atoms with Crippen LogP contribution in [-0.2, 0) is 4.79 Å². The van der Waals surface area contributed by atoms with Crippen LogP contribution >= 0.6 is 0 Å². The number of rotatable bonds is 2. The summed E-state index contributed by atoms with van der Waals surface area (Å²) in [6.45, 7) is 4.27. The van der Waals surface area contributed by atoms with Gasteiger partial charge in [0, 0.05) is 6.20 Å². The van der Waals surface area contributed by atoms with Crippen molar-refractivity contribution in [3.05, 3.63) is 22.9 Å². The minimum atomic E-state index is 0.726. The summed E-state index contributed by atoms with van der Waals surface area (Å²) in [5.41, 5.74) is 4.11. The van der Waals surface area contributed by atoms with Gasteiger partial charge in [0.25, 0.3) is 0 Å². The lowest BCUT2D eigenvalue weighted by Crippen LogP contribution is -2.07. The second kappa shape index (κ2) is 4.85. The minimum absolute atomic E-state index is 0.726. The fourth-order valence-corrected chi connectivity index (χ4v) is 1.79. The van der Waals surface area contributed by atoms with E-state index in [0.29, 0.717) is 0 Å². The second-order valence-corrected chi connectivity index (χ2v) is 3.64. The van der Waals surface area contributed by atoms with E-state index in [1.54, 1.807) is 0 Å². The first-order valence-corrected chi connectivity index (χ1v) is 4.81. The van der Waals surface area contributed by atoms with Gasteiger partial charge >= 0.3 is 0 Å². The van der Waals surface area contributed by atoms with Crippen molar-refractivity contribution < 1.29 is 4.79 Å². The summed E-state index contributed by atoms with van der Waals surface area (Å²) < 4.78 is 0. The Morgan fingerprint density at radius 1 is 1.31 bits per heavy atom. The smallest absolute Gasteiger partial charge is 0.211 e. The van der Waals surface area contributed by atoms with Crippen LogP contribution in [0.25, 0.3) is 0 Å². The highest BCUT2D eigenvalue weighted by Crippen LogP contribution is 2.30. The van der Waals surface area contributed by atoms with Crippen LogP contribution in [0.3, 0.4) is 0 Å². The summed E-state index contributed by atoms with van der Waals surface area (Å²) in [7, 11) is 0. The van der Waals surface area contributed by atoms with Gasteiger partial charge in [0.15, 0.2) is 0 Å². The fraction of sp³-hybridized carbons (Fsp3) is 0.545. The predicted molar refractivity (Wildman–Crippen MR) is 54.1 cm³/mol. The zero-order valence-electron chi connectivity index (χ0n) is 8.39. The topological polar surface area (TPSA) is 29.1 Å². The van der Waals surface area contributed by atoms with E-state index in [1.165, 1.54) is 29.6 Å². The van der Waals surface area contributed by atoms with Crippen molar-refractivity contribution in [3.8, 4) is 0 Å². The zero-order chi connectivity index (χ0) is 9.68. The Morgan fingerprint density at radius 2 is 2.00 bits per heavy atom. The Bertz CT molecular complexity index is 247. The van der Waals surface area contributed by atoms with E-state index in [9.17, 15) is 4.79 Å². The first-order valence-electron chi connectivity index (χ1n) is 4.81. The van der Waals surface area contributed by atoms with Crippen LogP contribution in [0.2, 0.25) is 0 Å². The molecule has 1 saturated carbocycles. The molecule has 1 fully saturated rings. The third-order valence-electron chi connectivity index (χ3n) is 2.44. The molecule has 0 saturated heterocycles. The van der Waals surface area contributed by atoms with Crippen LogP contribution in [0.5, 0.6) is 0 Å². The molecule has 1 amide bonds. The highest BCUT2D eigenvalue weighted by Gasteiger charge is 2.12. The van der Waals surface area contributed by atoms with E-state index in [1.807, 2.05) is 6.20 Å². The highest BCUT2D eigenvalue weighted by atomic mass is 16.1. The molecular weight excluding hydrogens is 162 g/mol. The molecule has 0 aliphatic heterocycles. The minimum Gasteiger partial charge on any atom is -0.335 e. The summed E-state index contributed by atoms with van der Waals surface area (Å²) in [5, 5.41) is 2.63. The molecule has 1 N–H and O–H groups in total. The average Bonchev–Trinajstić information content (AvgIpc) is 2.15. The Balaban J connectivity index is 2.79. The fourth-order valence-electron chi connectivity index (χ4n) is 1.79. The molecule has 0 spiro atoms. The van der Waals surface area contributed by atoms with Gasteiger partial charge in [0.05, 0.1) is 0 Å². The molecule has 0 unspecified atom stereocenters. The molecule has 0 atom stereocenters. The van der Waals surface area contributed by atoms with Crippen LogP contribution < -0.4 is 5.32 Å². The van der Waals surface area contributed by atoms with Crippen LogP contribution in [0.4, 0.5) is 0 Å². The van der Waals surface area contributed by atoms with Crippen molar-refractivity contribution in [2.24, 2.45) is 0 Å². The predicted octanol–water partition coefficient (Wildman–Crippen LogP) is 2.53. The standard InChI is InChI=1S/C11H17NO/c1-9(2)11-6-4-3-5-10(11)7-12-8-13/h7-8H,3-6H2,1-2H3,(H,12,13)/b10-7-. The van der Waals surface area contributed by atoms with Crippen LogP contribution in [0.1, 0.15) is 39.5 Å². The van der Waals surface area contributed by atoms with Gasteiger partial charge in [0.2, 0.25) is 6.41 Å². The van der Waals surface area contributed by atoms with Gasteiger partial charge in [-0.15, -0.1) is 0 Å². The van der Waals surface area contributed by atoms with Crippen molar-refractivity contribution in [2.45, 2.75) is 39.5 Å². The highest BCUT2D eigenvalue weighted by molar-refractivity contribution is 5.49. The molecule has 0 radical (unpaired) electrons. The Morgan fingerprint density at radius 3 is 2.62 bits per heavy atom. The lowest BCUT2D eigenvalue weighted by Gasteiger charge is -2.19. The quantitative estimate of drug-likeness (QED) is 0.648. The van der Waals surface area contributed by atoms with E-state index in [0.717, 1.165) is 19.3 Å². The maximum atomic E-state index is 10.2. The summed E-state index contributed by atoms with van der Waals surface area (Å²) in [4.78, 5) is 10.2. The Hall–Kier alpha value is -1.05. The molecule has 2 heteroatoms. The molecule has 72 valence electrons. The molecule has 1 rings (SSSR count). The number of allylic oxidation sites excluding steroid dienone is 3. The normalized spacial score (nSPS) is 20.2. The lowest BCUT2D eigenvalue weighted by molar-refractivity contribution is -0.108. The molecule has 0 aromatic carbocycles. The molecular formula is C11H17NO. The van der Waals surface area contributed by atoms with E-state index in [4.69, 9.17) is 0 Å². The van der Waals surface area contributed by atoms with E-state index < -0.39 is 0 Å².